The van der Waals surface area contributed by atoms with E-state index in [1.165, 1.54) is 54.3 Å². The van der Waals surface area contributed by atoms with Crippen LogP contribution in [0.5, 0.6) is 0 Å². The third kappa shape index (κ3) is 10.2. The Bertz CT molecular complexity index is 2550. The third-order valence-electron chi connectivity index (χ3n) is 11.7. The Kier molecular flexibility index (Phi) is 14.0. The standard InChI is InChI=1S/C47H53ClN6O6S/c1-3-4-27-52(29-23-39(55)17-12-26-51-24-10-5-11-25-51)47(58)44-43(48)33(2)54(49-44)42-21-19-37(31-41(42)46(57)53-28-22-35-14-7-9-16-38(35)32-53)45(56)50-61(59,60)40-20-18-34-13-6-8-15-36(34)30-40/h6-9,13-16,18-21,30-31H,3-5,10-12,17,22-29,32H2,1-2H3,(H,50,56). The molecule has 7 rings (SSSR count). The average molecular weight is 865 g/mol. The molecule has 1 fully saturated rings. The lowest BCUT2D eigenvalue weighted by Crippen LogP contribution is -2.37. The molecule has 0 spiro atoms. The molecule has 1 N–H and O–H groups in total. The summed E-state index contributed by atoms with van der Waals surface area (Å²) in [7, 11) is -4.30. The van der Waals surface area contributed by atoms with E-state index in [9.17, 15) is 27.6 Å². The lowest BCUT2D eigenvalue weighted by Gasteiger charge is -2.29. The number of halogens is 1. The summed E-state index contributed by atoms with van der Waals surface area (Å²) >= 11 is 6.90. The number of carbonyl (C=O) groups excluding carboxylic acids is 4. The van der Waals surface area contributed by atoms with E-state index in [1.54, 1.807) is 34.9 Å². The van der Waals surface area contributed by atoms with Crippen molar-refractivity contribution in [3.05, 3.63) is 124 Å². The zero-order valence-electron chi connectivity index (χ0n) is 34.9. The Morgan fingerprint density at radius 2 is 1.56 bits per heavy atom. The number of fused-ring (bicyclic) bond motifs is 2. The lowest BCUT2D eigenvalue weighted by molar-refractivity contribution is -0.119. The number of aromatic nitrogens is 2. The topological polar surface area (TPSA) is 142 Å². The maximum Gasteiger partial charge on any atom is 0.275 e. The van der Waals surface area contributed by atoms with Gasteiger partial charge in [0.2, 0.25) is 0 Å². The number of likely N-dealkylation sites (tertiary alicyclic amines) is 1. The fraction of sp³-hybridized carbons (Fsp3) is 0.383. The summed E-state index contributed by atoms with van der Waals surface area (Å²) in [5.74, 6) is -1.64. The normalized spacial score (nSPS) is 14.4. The SMILES string of the molecule is CCCCN(CCC(=O)CCCN1CCCCC1)C(=O)c1nn(-c2ccc(C(=O)NS(=O)(=O)c3ccc4ccccc4c3)cc2C(=O)N2CCc3ccccc3C2)c(C)c1Cl. The molecule has 12 nitrogen and oxygen atoms in total. The van der Waals surface area contributed by atoms with Gasteiger partial charge in [0.05, 0.1) is 26.9 Å². The number of Topliss-reactive ketones (excluding diaryl/α,β-unsaturated/α-hetero) is 1. The summed E-state index contributed by atoms with van der Waals surface area (Å²) in [4.78, 5) is 61.2. The molecule has 0 atom stereocenters. The predicted octanol–water partition coefficient (Wildman–Crippen LogP) is 7.77. The summed E-state index contributed by atoms with van der Waals surface area (Å²) in [6.07, 6.45) is 7.34. The molecule has 2 aliphatic rings. The number of rotatable bonds is 16. The van der Waals surface area contributed by atoms with Crippen LogP contribution in [0.4, 0.5) is 0 Å². The maximum atomic E-state index is 14.6. The highest BCUT2D eigenvalue weighted by Crippen LogP contribution is 2.30. The van der Waals surface area contributed by atoms with Crippen molar-refractivity contribution in [3.63, 3.8) is 0 Å². The molecule has 3 amide bonds. The van der Waals surface area contributed by atoms with Gasteiger partial charge in [-0.1, -0.05) is 86.0 Å². The Labute approximate surface area is 362 Å². The number of nitrogens with zero attached hydrogens (tertiary/aromatic N) is 5. The van der Waals surface area contributed by atoms with E-state index in [1.807, 2.05) is 43.3 Å². The molecule has 320 valence electrons. The van der Waals surface area contributed by atoms with Crippen molar-refractivity contribution in [1.29, 1.82) is 0 Å². The van der Waals surface area contributed by atoms with Crippen LogP contribution in [0.1, 0.15) is 106 Å². The minimum absolute atomic E-state index is 0.0126. The number of unbranched alkanes of at least 4 members (excludes halogenated alkanes) is 1. The average Bonchev–Trinajstić information content (AvgIpc) is 3.58. The summed E-state index contributed by atoms with van der Waals surface area (Å²) in [6.45, 7) is 8.18. The van der Waals surface area contributed by atoms with Crippen LogP contribution in [0.25, 0.3) is 16.5 Å². The molecule has 5 aromatic rings. The number of hydrogen-bond donors (Lipinski definition) is 1. The molecule has 0 unspecified atom stereocenters. The first kappa shape index (κ1) is 43.7. The number of carbonyl (C=O) groups is 4. The molecule has 0 radical (unpaired) electrons. The van der Waals surface area contributed by atoms with Crippen LogP contribution in [0.3, 0.4) is 0 Å². The van der Waals surface area contributed by atoms with Crippen molar-refractivity contribution in [1.82, 2.24) is 29.2 Å². The number of sulfonamides is 1. The van der Waals surface area contributed by atoms with Gasteiger partial charge in [0, 0.05) is 44.6 Å². The first-order chi connectivity index (χ1) is 29.4. The highest BCUT2D eigenvalue weighted by Gasteiger charge is 2.30. The van der Waals surface area contributed by atoms with Crippen LogP contribution < -0.4 is 4.72 Å². The van der Waals surface area contributed by atoms with Gasteiger partial charge in [-0.3, -0.25) is 19.2 Å². The van der Waals surface area contributed by atoms with Crippen LogP contribution in [0.2, 0.25) is 5.02 Å². The van der Waals surface area contributed by atoms with E-state index in [0.29, 0.717) is 43.6 Å². The van der Waals surface area contributed by atoms with E-state index in [0.717, 1.165) is 55.4 Å². The Hall–Kier alpha value is -5.37. The molecule has 0 aliphatic carbocycles. The second-order valence-electron chi connectivity index (χ2n) is 16.0. The molecule has 61 heavy (non-hydrogen) atoms. The summed E-state index contributed by atoms with van der Waals surface area (Å²) in [5, 5.41) is 6.35. The minimum atomic E-state index is -4.30. The predicted molar refractivity (Wildman–Crippen MR) is 237 cm³/mol. The number of nitrogens with one attached hydrogen (secondary N) is 1. The lowest BCUT2D eigenvalue weighted by atomic mass is 9.98. The molecular weight excluding hydrogens is 812 g/mol. The highest BCUT2D eigenvalue weighted by molar-refractivity contribution is 7.90. The van der Waals surface area contributed by atoms with Gasteiger partial charge in [0.1, 0.15) is 5.78 Å². The fourth-order valence-electron chi connectivity index (χ4n) is 8.18. The molecule has 1 aromatic heterocycles. The fourth-order valence-corrected chi connectivity index (χ4v) is 9.39. The van der Waals surface area contributed by atoms with Crippen LogP contribution in [-0.4, -0.2) is 95.7 Å². The summed E-state index contributed by atoms with van der Waals surface area (Å²) < 4.78 is 30.6. The molecule has 14 heteroatoms. The number of ketones is 1. The van der Waals surface area contributed by atoms with Gasteiger partial charge >= 0.3 is 0 Å². The monoisotopic (exact) mass is 864 g/mol. The van der Waals surface area contributed by atoms with Gasteiger partial charge in [0.25, 0.3) is 27.7 Å². The summed E-state index contributed by atoms with van der Waals surface area (Å²) in [5.41, 5.74) is 2.80. The van der Waals surface area contributed by atoms with E-state index in [2.05, 4.69) is 9.62 Å². The largest absolute Gasteiger partial charge is 0.337 e. The van der Waals surface area contributed by atoms with Crippen LogP contribution in [-0.2, 0) is 27.8 Å². The van der Waals surface area contributed by atoms with Gasteiger partial charge in [0.15, 0.2) is 5.69 Å². The Morgan fingerprint density at radius 1 is 0.820 bits per heavy atom. The third-order valence-corrected chi connectivity index (χ3v) is 13.5. The van der Waals surface area contributed by atoms with Crippen molar-refractivity contribution in [3.8, 4) is 5.69 Å². The number of hydrogen-bond acceptors (Lipinski definition) is 8. The Morgan fingerprint density at radius 3 is 2.33 bits per heavy atom. The summed E-state index contributed by atoms with van der Waals surface area (Å²) in [6, 6.07) is 24.1. The van der Waals surface area contributed by atoms with Crippen LogP contribution in [0.15, 0.2) is 89.8 Å². The second kappa shape index (κ2) is 19.6. The van der Waals surface area contributed by atoms with Crippen LogP contribution >= 0.6 is 11.6 Å². The van der Waals surface area contributed by atoms with Crippen molar-refractivity contribution in [2.45, 2.75) is 83.1 Å². The number of piperidine rings is 1. The van der Waals surface area contributed by atoms with E-state index in [-0.39, 0.29) is 51.2 Å². The van der Waals surface area contributed by atoms with Crippen molar-refractivity contribution in [2.24, 2.45) is 0 Å². The molecular formula is C47H53ClN6O6S. The molecule has 4 aromatic carbocycles. The van der Waals surface area contributed by atoms with Crippen molar-refractivity contribution in [2.75, 3.05) is 39.3 Å². The zero-order chi connectivity index (χ0) is 43.1. The van der Waals surface area contributed by atoms with E-state index >= 15 is 0 Å². The van der Waals surface area contributed by atoms with Gasteiger partial charge < -0.3 is 14.7 Å². The Balaban J connectivity index is 1.16. The van der Waals surface area contributed by atoms with Gasteiger partial charge in [-0.2, -0.15) is 5.10 Å². The number of amides is 3. The smallest absolute Gasteiger partial charge is 0.275 e. The van der Waals surface area contributed by atoms with Crippen LogP contribution in [0, 0.1) is 6.92 Å². The maximum absolute atomic E-state index is 14.6. The number of benzene rings is 4. The second-order valence-corrected chi connectivity index (χ2v) is 18.1. The quantitative estimate of drug-likeness (QED) is 0.106. The van der Waals surface area contributed by atoms with Gasteiger partial charge in [-0.15, -0.1) is 0 Å². The highest BCUT2D eigenvalue weighted by atomic mass is 35.5. The first-order valence-electron chi connectivity index (χ1n) is 21.3. The minimum Gasteiger partial charge on any atom is -0.337 e. The molecule has 2 aliphatic heterocycles. The molecule has 1 saturated heterocycles. The van der Waals surface area contributed by atoms with E-state index < -0.39 is 27.7 Å². The van der Waals surface area contributed by atoms with Crippen molar-refractivity contribution < 1.29 is 27.6 Å². The van der Waals surface area contributed by atoms with E-state index in [4.69, 9.17) is 16.7 Å². The molecule has 0 saturated carbocycles. The van der Waals surface area contributed by atoms with Gasteiger partial charge in [-0.25, -0.2) is 17.8 Å². The molecule has 3 heterocycles. The molecule has 0 bridgehead atoms. The first-order valence-corrected chi connectivity index (χ1v) is 23.1. The zero-order valence-corrected chi connectivity index (χ0v) is 36.4. The van der Waals surface area contributed by atoms with Crippen molar-refractivity contribution >= 4 is 55.9 Å². The van der Waals surface area contributed by atoms with Gasteiger partial charge in [-0.05, 0) is 111 Å².